The fourth-order valence-corrected chi connectivity index (χ4v) is 2.01. The van der Waals surface area contributed by atoms with Crippen molar-refractivity contribution >= 4 is 12.2 Å². The maximum absolute atomic E-state index is 11.5. The van der Waals surface area contributed by atoms with Gasteiger partial charge in [0.2, 0.25) is 4.91 Å². The van der Waals surface area contributed by atoms with Crippen LogP contribution in [0.25, 0.3) is 0 Å². The second kappa shape index (κ2) is 9.78. The van der Waals surface area contributed by atoms with Gasteiger partial charge in [-0.05, 0) is 41.5 Å². The predicted octanol–water partition coefficient (Wildman–Crippen LogP) is 1.58. The molecule has 0 radical (unpaired) electrons. The van der Waals surface area contributed by atoms with E-state index in [1.807, 2.05) is 0 Å². The number of nitrogens with zero attached hydrogens (tertiary/aromatic N) is 4. The Balaban J connectivity index is 0.000000283. The van der Waals surface area contributed by atoms with Crippen LogP contribution < -0.4 is 10.6 Å². The Morgan fingerprint density at radius 3 is 1.86 bits per heavy atom. The first kappa shape index (κ1) is 23.8. The Hall–Kier alpha value is -2.27. The molecule has 0 unspecified atom stereocenters. The topological polar surface area (TPSA) is 154 Å². The molecule has 2 heterocycles. The van der Waals surface area contributed by atoms with E-state index in [9.17, 15) is 9.59 Å². The number of hydroxylamine groups is 4. The van der Waals surface area contributed by atoms with Gasteiger partial charge in [0.15, 0.2) is 6.04 Å². The molecule has 2 aliphatic heterocycles. The van der Waals surface area contributed by atoms with Gasteiger partial charge in [0.25, 0.3) is 0 Å². The minimum atomic E-state index is -0.546. The summed E-state index contributed by atoms with van der Waals surface area (Å²) >= 11 is 0. The Labute approximate surface area is 164 Å². The highest BCUT2D eigenvalue weighted by molar-refractivity contribution is 5.67. The van der Waals surface area contributed by atoms with Gasteiger partial charge in [-0.1, -0.05) is 0 Å². The smallest absolute Gasteiger partial charge is 0.434 e. The Bertz CT molecular complexity index is 595. The van der Waals surface area contributed by atoms with E-state index in [4.69, 9.17) is 30.4 Å². The zero-order chi connectivity index (χ0) is 21.5. The van der Waals surface area contributed by atoms with E-state index in [0.717, 1.165) is 10.1 Å². The molecule has 0 spiro atoms. The maximum atomic E-state index is 11.5. The largest absolute Gasteiger partial charge is 0.442 e. The number of rotatable bonds is 1. The standard InChI is InChI=1S/C8H15N4O3.C8H16N2O3/c1-8(2,3)15-7(13)12-4-6(5-14-12)10-11-9;1-8(2,3)13-7(11)10-4-6(9)5-12-10/h6,9H,4-5H2,1-3H3;6H,4-5,9H2,1-3H3/q+1;/t2*6-/m11/s1. The fourth-order valence-electron chi connectivity index (χ4n) is 2.01. The maximum Gasteiger partial charge on any atom is 0.434 e. The van der Waals surface area contributed by atoms with Gasteiger partial charge >= 0.3 is 12.2 Å². The third kappa shape index (κ3) is 9.09. The number of nitrogens with one attached hydrogen (secondary N) is 1. The number of carbonyl (C=O) groups excluding carboxylic acids is 2. The van der Waals surface area contributed by atoms with Crippen LogP contribution in [0.1, 0.15) is 41.5 Å². The second-order valence-electron chi connectivity index (χ2n) is 8.30. The van der Waals surface area contributed by atoms with Crippen molar-refractivity contribution in [2.24, 2.45) is 10.8 Å². The predicted molar refractivity (Wildman–Crippen MR) is 96.8 cm³/mol. The summed E-state index contributed by atoms with van der Waals surface area (Å²) in [6, 6.07) is -0.373. The molecule has 2 rings (SSSR count). The molecule has 0 aromatic rings. The summed E-state index contributed by atoms with van der Waals surface area (Å²) in [6.07, 6.45) is -1.01. The zero-order valence-corrected chi connectivity index (χ0v) is 17.3. The van der Waals surface area contributed by atoms with Gasteiger partial charge in [0.05, 0.1) is 25.7 Å². The molecule has 0 saturated carbocycles. The van der Waals surface area contributed by atoms with Crippen LogP contribution in [0.2, 0.25) is 0 Å². The molecular weight excluding hydrogens is 372 g/mol. The van der Waals surface area contributed by atoms with Gasteiger partial charge in [-0.3, -0.25) is 9.68 Å². The molecule has 0 aliphatic carbocycles. The Morgan fingerprint density at radius 2 is 1.46 bits per heavy atom. The lowest BCUT2D eigenvalue weighted by Crippen LogP contribution is -2.36. The minimum Gasteiger partial charge on any atom is -0.442 e. The first-order chi connectivity index (χ1) is 12.8. The molecule has 2 amide bonds. The summed E-state index contributed by atoms with van der Waals surface area (Å²) in [7, 11) is 0. The quantitative estimate of drug-likeness (QED) is 0.497. The molecule has 2 aliphatic rings. The van der Waals surface area contributed by atoms with Crippen molar-refractivity contribution in [3.8, 4) is 0 Å². The molecule has 160 valence electrons. The van der Waals surface area contributed by atoms with Crippen molar-refractivity contribution in [2.45, 2.75) is 64.8 Å². The lowest BCUT2D eigenvalue weighted by Gasteiger charge is -2.23. The van der Waals surface area contributed by atoms with E-state index < -0.39 is 23.4 Å². The molecule has 12 heteroatoms. The van der Waals surface area contributed by atoms with E-state index >= 15 is 0 Å². The summed E-state index contributed by atoms with van der Waals surface area (Å²) in [4.78, 5) is 35.8. The number of carbonyl (C=O) groups is 2. The van der Waals surface area contributed by atoms with Gasteiger partial charge < -0.3 is 15.2 Å². The highest BCUT2D eigenvalue weighted by atomic mass is 16.7. The van der Waals surface area contributed by atoms with Crippen LogP contribution in [0.3, 0.4) is 0 Å². The van der Waals surface area contributed by atoms with Crippen molar-refractivity contribution < 1.29 is 28.7 Å². The summed E-state index contributed by atoms with van der Waals surface area (Å²) < 4.78 is 10.2. The van der Waals surface area contributed by atoms with Crippen molar-refractivity contribution in [3.63, 3.8) is 0 Å². The second-order valence-corrected chi connectivity index (χ2v) is 8.30. The van der Waals surface area contributed by atoms with E-state index in [0.29, 0.717) is 13.2 Å². The average molecular weight is 403 g/mol. The van der Waals surface area contributed by atoms with E-state index in [1.165, 1.54) is 0 Å². The lowest BCUT2D eigenvalue weighted by atomic mass is 10.2. The first-order valence-corrected chi connectivity index (χ1v) is 8.90. The molecule has 2 fully saturated rings. The third-order valence-electron chi connectivity index (χ3n) is 3.06. The molecule has 28 heavy (non-hydrogen) atoms. The van der Waals surface area contributed by atoms with Crippen LogP contribution in [0.4, 0.5) is 9.59 Å². The fraction of sp³-hybridized carbons (Fsp3) is 0.875. The van der Waals surface area contributed by atoms with Crippen LogP contribution in [-0.4, -0.2) is 71.9 Å². The van der Waals surface area contributed by atoms with Crippen molar-refractivity contribution in [1.82, 2.24) is 15.0 Å². The van der Waals surface area contributed by atoms with Crippen LogP contribution in [0, 0.1) is 5.53 Å². The van der Waals surface area contributed by atoms with Crippen molar-refractivity contribution in [3.05, 3.63) is 0 Å². The zero-order valence-electron chi connectivity index (χ0n) is 17.3. The number of ether oxygens (including phenoxy) is 2. The van der Waals surface area contributed by atoms with Gasteiger partial charge in [-0.25, -0.2) is 9.59 Å². The van der Waals surface area contributed by atoms with E-state index in [2.05, 4.69) is 10.0 Å². The highest BCUT2D eigenvalue weighted by Gasteiger charge is 2.33. The van der Waals surface area contributed by atoms with Gasteiger partial charge in [-0.15, -0.1) is 0 Å². The van der Waals surface area contributed by atoms with Gasteiger partial charge in [-0.2, -0.15) is 10.1 Å². The SMILES string of the molecule is CC(C)(C)OC(=O)N1C[C@@H](N)CO1.CC(C)(C)OC(=O)N1C[C@@H](N=[N+]=N)CO1. The monoisotopic (exact) mass is 403 g/mol. The normalized spacial score (nSPS) is 22.1. The summed E-state index contributed by atoms with van der Waals surface area (Å²) in [6.45, 7) is 12.1. The number of amides is 2. The molecule has 0 bridgehead atoms. The van der Waals surface area contributed by atoms with Gasteiger partial charge in [0.1, 0.15) is 28.5 Å². The molecule has 2 atom stereocenters. The van der Waals surface area contributed by atoms with E-state index in [-0.39, 0.29) is 25.2 Å². The van der Waals surface area contributed by atoms with Crippen LogP contribution >= 0.6 is 0 Å². The number of hydrogen-bond acceptors (Lipinski definition) is 9. The van der Waals surface area contributed by atoms with E-state index in [1.54, 1.807) is 41.5 Å². The molecule has 3 N–H and O–H groups in total. The third-order valence-corrected chi connectivity index (χ3v) is 3.06. The van der Waals surface area contributed by atoms with Crippen molar-refractivity contribution in [1.29, 1.82) is 5.53 Å². The van der Waals surface area contributed by atoms with Crippen LogP contribution in [-0.2, 0) is 19.1 Å². The van der Waals surface area contributed by atoms with Crippen molar-refractivity contribution in [2.75, 3.05) is 26.3 Å². The Morgan fingerprint density at radius 1 is 1.00 bits per heavy atom. The highest BCUT2D eigenvalue weighted by Crippen LogP contribution is 2.15. The molecule has 12 nitrogen and oxygen atoms in total. The molecule has 0 aromatic heterocycles. The van der Waals surface area contributed by atoms with Crippen LogP contribution in [0.5, 0.6) is 0 Å². The minimum absolute atomic E-state index is 0.104. The molecule has 2 saturated heterocycles. The summed E-state index contributed by atoms with van der Waals surface area (Å²) in [5, 5.41) is 5.83. The Kier molecular flexibility index (Phi) is 8.30. The first-order valence-electron chi connectivity index (χ1n) is 8.90. The number of hydrogen-bond donors (Lipinski definition) is 2. The summed E-state index contributed by atoms with van der Waals surface area (Å²) in [5.41, 5.74) is 11.1. The average Bonchev–Trinajstić information content (AvgIpc) is 3.14. The van der Waals surface area contributed by atoms with Crippen LogP contribution in [0.15, 0.2) is 5.11 Å². The molecule has 0 aromatic carbocycles. The number of nitrogens with two attached hydrogens (primary N) is 1. The molecular formula is C16H31N6O6+. The van der Waals surface area contributed by atoms with Gasteiger partial charge in [0, 0.05) is 0 Å². The lowest BCUT2D eigenvalue weighted by molar-refractivity contribution is -0.107. The summed E-state index contributed by atoms with van der Waals surface area (Å²) in [5.74, 6) is 0.